The number of thioether (sulfide) groups is 1. The zero-order valence-electron chi connectivity index (χ0n) is 8.97. The average molecular weight is 227 g/mol. The Labute approximate surface area is 100 Å². The van der Waals surface area contributed by atoms with Gasteiger partial charge in [0.2, 0.25) is 0 Å². The first-order valence-corrected chi connectivity index (χ1v) is 6.14. The van der Waals surface area contributed by atoms with Crippen molar-refractivity contribution in [1.82, 2.24) is 4.98 Å². The highest BCUT2D eigenvalue weighted by Gasteiger charge is 2.04. The van der Waals surface area contributed by atoms with E-state index in [1.54, 1.807) is 11.8 Å². The number of benzene rings is 1. The van der Waals surface area contributed by atoms with Gasteiger partial charge in [-0.3, -0.25) is 0 Å². The lowest BCUT2D eigenvalue weighted by atomic mass is 10.1. The first-order valence-electron chi connectivity index (χ1n) is 5.16. The fourth-order valence-corrected chi connectivity index (χ4v) is 2.23. The molecule has 0 saturated carbocycles. The Hall–Kier alpha value is -1.54. The second-order valence-corrected chi connectivity index (χ2v) is 4.33. The highest BCUT2D eigenvalue weighted by Crippen LogP contribution is 2.28. The molecule has 1 aromatic carbocycles. The summed E-state index contributed by atoms with van der Waals surface area (Å²) in [5.41, 5.74) is 2.40. The summed E-state index contributed by atoms with van der Waals surface area (Å²) in [5.74, 6) is 0.886. The van der Waals surface area contributed by atoms with Crippen molar-refractivity contribution in [3.05, 3.63) is 61.3 Å². The number of aromatic nitrogens is 1. The van der Waals surface area contributed by atoms with Crippen LogP contribution in [-0.2, 0) is 0 Å². The monoisotopic (exact) mass is 227 g/mol. The molecule has 2 aromatic rings. The van der Waals surface area contributed by atoms with Gasteiger partial charge < -0.3 is 0 Å². The molecule has 0 fully saturated rings. The van der Waals surface area contributed by atoms with Crippen LogP contribution in [-0.4, -0.2) is 10.7 Å². The molecule has 0 amide bonds. The molecule has 0 atom stereocenters. The molecule has 16 heavy (non-hydrogen) atoms. The van der Waals surface area contributed by atoms with Crippen molar-refractivity contribution in [3.63, 3.8) is 0 Å². The molecule has 0 unspecified atom stereocenters. The number of hydrogen-bond acceptors (Lipinski definition) is 2. The molecule has 1 nitrogen and oxygen atoms in total. The predicted molar refractivity (Wildman–Crippen MR) is 70.6 cm³/mol. The predicted octanol–water partition coefficient (Wildman–Crippen LogP) is 4.03. The Morgan fingerprint density at radius 3 is 2.69 bits per heavy atom. The van der Waals surface area contributed by atoms with Gasteiger partial charge in [-0.25, -0.2) is 4.98 Å². The third kappa shape index (κ3) is 2.52. The summed E-state index contributed by atoms with van der Waals surface area (Å²) >= 11 is 1.71. The Balaban J connectivity index is 2.36. The van der Waals surface area contributed by atoms with Crippen LogP contribution >= 0.6 is 11.8 Å². The van der Waals surface area contributed by atoms with Gasteiger partial charge in [0, 0.05) is 17.5 Å². The second kappa shape index (κ2) is 5.52. The highest BCUT2D eigenvalue weighted by molar-refractivity contribution is 7.99. The smallest absolute Gasteiger partial charge is 0.104 e. The van der Waals surface area contributed by atoms with Crippen LogP contribution in [0, 0.1) is 0 Å². The number of pyridine rings is 1. The van der Waals surface area contributed by atoms with Crippen molar-refractivity contribution < 1.29 is 0 Å². The first kappa shape index (κ1) is 11.0. The van der Waals surface area contributed by atoms with Gasteiger partial charge in [0.15, 0.2) is 0 Å². The van der Waals surface area contributed by atoms with Crippen molar-refractivity contribution in [2.45, 2.75) is 5.03 Å². The SMILES string of the molecule is C=CCSc1ncccc1-c1ccccc1. The Morgan fingerprint density at radius 1 is 1.12 bits per heavy atom. The Morgan fingerprint density at radius 2 is 1.94 bits per heavy atom. The summed E-state index contributed by atoms with van der Waals surface area (Å²) < 4.78 is 0. The minimum atomic E-state index is 0.886. The molecule has 0 aliphatic carbocycles. The highest BCUT2D eigenvalue weighted by atomic mass is 32.2. The molecule has 2 heteroatoms. The van der Waals surface area contributed by atoms with E-state index >= 15 is 0 Å². The van der Waals surface area contributed by atoms with Crippen molar-refractivity contribution in [2.75, 3.05) is 5.75 Å². The first-order chi connectivity index (χ1) is 7.92. The van der Waals surface area contributed by atoms with E-state index in [-0.39, 0.29) is 0 Å². The van der Waals surface area contributed by atoms with Gasteiger partial charge in [-0.15, -0.1) is 18.3 Å². The Kier molecular flexibility index (Phi) is 3.78. The van der Waals surface area contributed by atoms with E-state index in [4.69, 9.17) is 0 Å². The van der Waals surface area contributed by atoms with Crippen LogP contribution in [0.3, 0.4) is 0 Å². The normalized spacial score (nSPS) is 10.0. The van der Waals surface area contributed by atoms with E-state index in [9.17, 15) is 0 Å². The lowest BCUT2D eigenvalue weighted by molar-refractivity contribution is 1.14. The van der Waals surface area contributed by atoms with Crippen LogP contribution in [0.25, 0.3) is 11.1 Å². The zero-order valence-corrected chi connectivity index (χ0v) is 9.78. The molecular formula is C14H13NS. The molecule has 0 radical (unpaired) electrons. The van der Waals surface area contributed by atoms with Gasteiger partial charge in [0.05, 0.1) is 0 Å². The summed E-state index contributed by atoms with van der Waals surface area (Å²) in [5, 5.41) is 1.06. The minimum absolute atomic E-state index is 0.886. The van der Waals surface area contributed by atoms with E-state index in [0.29, 0.717) is 0 Å². The number of hydrogen-bond donors (Lipinski definition) is 0. The maximum absolute atomic E-state index is 4.41. The molecule has 2 rings (SSSR count). The zero-order chi connectivity index (χ0) is 11.2. The molecule has 1 heterocycles. The lowest BCUT2D eigenvalue weighted by Gasteiger charge is -2.06. The van der Waals surface area contributed by atoms with Crippen molar-refractivity contribution in [1.29, 1.82) is 0 Å². The average Bonchev–Trinajstić information content (AvgIpc) is 2.38. The molecule has 0 aliphatic heterocycles. The minimum Gasteiger partial charge on any atom is -0.249 e. The fourth-order valence-electron chi connectivity index (χ4n) is 1.48. The van der Waals surface area contributed by atoms with Crippen LogP contribution in [0.4, 0.5) is 0 Å². The van der Waals surface area contributed by atoms with Crippen LogP contribution in [0.1, 0.15) is 0 Å². The third-order valence-corrected chi connectivity index (χ3v) is 3.19. The van der Waals surface area contributed by atoms with E-state index in [1.807, 2.05) is 36.5 Å². The molecular weight excluding hydrogens is 214 g/mol. The van der Waals surface area contributed by atoms with Gasteiger partial charge in [-0.05, 0) is 11.6 Å². The standard InChI is InChI=1S/C14H13NS/c1-2-11-16-14-13(9-6-10-15-14)12-7-4-3-5-8-12/h2-10H,1,11H2. The lowest BCUT2D eigenvalue weighted by Crippen LogP contribution is -1.86. The summed E-state index contributed by atoms with van der Waals surface area (Å²) in [6, 6.07) is 14.4. The van der Waals surface area contributed by atoms with Gasteiger partial charge in [0.25, 0.3) is 0 Å². The summed E-state index contributed by atoms with van der Waals surface area (Å²) in [4.78, 5) is 4.41. The summed E-state index contributed by atoms with van der Waals surface area (Å²) in [6.45, 7) is 3.73. The summed E-state index contributed by atoms with van der Waals surface area (Å²) in [6.07, 6.45) is 3.73. The molecule has 0 N–H and O–H groups in total. The largest absolute Gasteiger partial charge is 0.249 e. The van der Waals surface area contributed by atoms with E-state index in [2.05, 4.69) is 29.8 Å². The van der Waals surface area contributed by atoms with Gasteiger partial charge >= 0.3 is 0 Å². The molecule has 0 aliphatic rings. The van der Waals surface area contributed by atoms with Gasteiger partial charge in [-0.1, -0.05) is 42.5 Å². The molecule has 0 bridgehead atoms. The van der Waals surface area contributed by atoms with Gasteiger partial charge in [-0.2, -0.15) is 0 Å². The quantitative estimate of drug-likeness (QED) is 0.578. The van der Waals surface area contributed by atoms with E-state index in [0.717, 1.165) is 10.8 Å². The fraction of sp³-hybridized carbons (Fsp3) is 0.0714. The maximum Gasteiger partial charge on any atom is 0.104 e. The van der Waals surface area contributed by atoms with E-state index in [1.165, 1.54) is 11.1 Å². The van der Waals surface area contributed by atoms with Crippen molar-refractivity contribution in [3.8, 4) is 11.1 Å². The van der Waals surface area contributed by atoms with Crippen molar-refractivity contribution >= 4 is 11.8 Å². The van der Waals surface area contributed by atoms with Crippen LogP contribution < -0.4 is 0 Å². The van der Waals surface area contributed by atoms with Crippen molar-refractivity contribution in [2.24, 2.45) is 0 Å². The molecule has 80 valence electrons. The summed E-state index contributed by atoms with van der Waals surface area (Å²) in [7, 11) is 0. The molecule has 0 saturated heterocycles. The molecule has 0 spiro atoms. The topological polar surface area (TPSA) is 12.9 Å². The maximum atomic E-state index is 4.41. The Bertz CT molecular complexity index is 465. The van der Waals surface area contributed by atoms with E-state index < -0.39 is 0 Å². The third-order valence-electron chi connectivity index (χ3n) is 2.19. The van der Waals surface area contributed by atoms with Crippen LogP contribution in [0.5, 0.6) is 0 Å². The molecule has 1 aromatic heterocycles. The number of rotatable bonds is 4. The van der Waals surface area contributed by atoms with Crippen LogP contribution in [0.15, 0.2) is 66.3 Å². The van der Waals surface area contributed by atoms with Gasteiger partial charge in [0.1, 0.15) is 5.03 Å². The second-order valence-electron chi connectivity index (χ2n) is 3.32. The van der Waals surface area contributed by atoms with Crippen LogP contribution in [0.2, 0.25) is 0 Å². The number of nitrogens with zero attached hydrogens (tertiary/aromatic N) is 1.